The monoisotopic (exact) mass is 277 g/mol. The molecule has 3 heteroatoms. The first-order valence-corrected chi connectivity index (χ1v) is 7.20. The van der Waals surface area contributed by atoms with Crippen LogP contribution in [0.2, 0.25) is 0 Å². The maximum absolute atomic E-state index is 8.68. The van der Waals surface area contributed by atoms with Crippen molar-refractivity contribution in [1.29, 1.82) is 0 Å². The number of rotatable bonds is 8. The molecule has 0 saturated heterocycles. The van der Waals surface area contributed by atoms with Crippen molar-refractivity contribution in [3.05, 3.63) is 0 Å². The number of aliphatic hydroxyl groups excluding tert-OH is 1. The van der Waals surface area contributed by atoms with E-state index in [1.54, 1.807) is 0 Å². The molecule has 90 valence electrons. The Labute approximate surface area is 102 Å². The van der Waals surface area contributed by atoms with Crippen LogP contribution in [0.3, 0.4) is 0 Å². The number of halogens is 1. The number of nitrogens with zero attached hydrogens (tertiary/aromatic N) is 1. The number of aliphatic hydroxyl groups is 1. The van der Waals surface area contributed by atoms with E-state index in [0.717, 1.165) is 18.2 Å². The lowest BCUT2D eigenvalue weighted by atomic mass is 9.70. The zero-order valence-electron chi connectivity index (χ0n) is 9.84. The van der Waals surface area contributed by atoms with Crippen LogP contribution in [0.15, 0.2) is 0 Å². The van der Waals surface area contributed by atoms with Crippen molar-refractivity contribution >= 4 is 15.9 Å². The molecule has 1 aliphatic carbocycles. The lowest BCUT2D eigenvalue weighted by molar-refractivity contribution is 0.105. The first-order chi connectivity index (χ1) is 7.22. The molecule has 0 unspecified atom stereocenters. The molecule has 2 nitrogen and oxygen atoms in total. The molecule has 1 rings (SSSR count). The highest BCUT2D eigenvalue weighted by molar-refractivity contribution is 9.09. The Balaban J connectivity index is 2.09. The smallest absolute Gasteiger partial charge is 0.0431 e. The molecule has 0 heterocycles. The van der Waals surface area contributed by atoms with E-state index in [2.05, 4.69) is 27.9 Å². The van der Waals surface area contributed by atoms with Gasteiger partial charge in [-0.15, -0.1) is 0 Å². The molecule has 0 radical (unpaired) electrons. The van der Waals surface area contributed by atoms with E-state index in [1.807, 2.05) is 0 Å². The molecule has 0 amide bonds. The lowest BCUT2D eigenvalue weighted by Crippen LogP contribution is -2.42. The Bertz CT molecular complexity index is 165. The minimum absolute atomic E-state index is 0.342. The van der Waals surface area contributed by atoms with Crippen molar-refractivity contribution in [2.24, 2.45) is 5.41 Å². The van der Waals surface area contributed by atoms with Crippen molar-refractivity contribution in [3.8, 4) is 0 Å². The fourth-order valence-electron chi connectivity index (χ4n) is 2.33. The Morgan fingerprint density at radius 2 is 2.00 bits per heavy atom. The molecule has 0 aromatic rings. The molecule has 0 atom stereocenters. The molecular weight excluding hydrogens is 254 g/mol. The van der Waals surface area contributed by atoms with Crippen LogP contribution in [0, 0.1) is 5.41 Å². The van der Waals surface area contributed by atoms with Gasteiger partial charge in [0, 0.05) is 18.5 Å². The minimum Gasteiger partial charge on any atom is -0.396 e. The summed E-state index contributed by atoms with van der Waals surface area (Å²) < 4.78 is 0. The Hall–Kier alpha value is 0.400. The molecule has 0 aromatic carbocycles. The summed E-state index contributed by atoms with van der Waals surface area (Å²) in [5.41, 5.74) is 0.575. The highest BCUT2D eigenvalue weighted by Crippen LogP contribution is 2.42. The first kappa shape index (κ1) is 13.5. The van der Waals surface area contributed by atoms with Crippen molar-refractivity contribution in [2.75, 3.05) is 32.1 Å². The zero-order valence-corrected chi connectivity index (χ0v) is 11.4. The molecular formula is C12H24BrNO. The molecule has 1 saturated carbocycles. The summed E-state index contributed by atoms with van der Waals surface area (Å²) in [6.07, 6.45) is 7.51. The number of alkyl halides is 1. The summed E-state index contributed by atoms with van der Waals surface area (Å²) in [4.78, 5) is 2.46. The van der Waals surface area contributed by atoms with Gasteiger partial charge in [0.05, 0.1) is 0 Å². The van der Waals surface area contributed by atoms with Crippen molar-refractivity contribution in [1.82, 2.24) is 4.90 Å². The molecule has 1 N–H and O–H groups in total. The van der Waals surface area contributed by atoms with Crippen molar-refractivity contribution < 1.29 is 5.11 Å². The third-order valence-corrected chi connectivity index (χ3v) is 4.69. The van der Waals surface area contributed by atoms with Gasteiger partial charge in [0.1, 0.15) is 0 Å². The highest BCUT2D eigenvalue weighted by Gasteiger charge is 2.36. The van der Waals surface area contributed by atoms with Crippen LogP contribution in [0.4, 0.5) is 0 Å². The summed E-state index contributed by atoms with van der Waals surface area (Å²) >= 11 is 3.65. The van der Waals surface area contributed by atoms with E-state index in [4.69, 9.17) is 5.11 Å². The topological polar surface area (TPSA) is 23.5 Å². The maximum atomic E-state index is 8.68. The standard InChI is InChI=1S/C12H24BrNO/c1-14(8-3-2-4-9-15)11-12(10-13)6-5-7-12/h15H,2-11H2,1H3. The summed E-state index contributed by atoms with van der Waals surface area (Å²) in [6.45, 7) is 2.75. The first-order valence-electron chi connectivity index (χ1n) is 6.08. The molecule has 1 aliphatic rings. The third-order valence-electron chi connectivity index (χ3n) is 3.50. The second-order valence-electron chi connectivity index (χ2n) is 5.01. The van der Waals surface area contributed by atoms with Crippen molar-refractivity contribution in [2.45, 2.75) is 38.5 Å². The number of hydrogen-bond donors (Lipinski definition) is 1. The number of unbranched alkanes of at least 4 members (excludes halogenated alkanes) is 2. The molecule has 15 heavy (non-hydrogen) atoms. The average molecular weight is 278 g/mol. The lowest BCUT2D eigenvalue weighted by Gasteiger charge is -2.43. The molecule has 1 fully saturated rings. The van der Waals surface area contributed by atoms with Gasteiger partial charge in [0.15, 0.2) is 0 Å². The van der Waals surface area contributed by atoms with E-state index in [-0.39, 0.29) is 0 Å². The summed E-state index contributed by atoms with van der Waals surface area (Å²) in [7, 11) is 2.22. The fourth-order valence-corrected chi connectivity index (χ4v) is 3.07. The molecule has 0 bridgehead atoms. The van der Waals surface area contributed by atoms with Gasteiger partial charge in [-0.3, -0.25) is 0 Å². The highest BCUT2D eigenvalue weighted by atomic mass is 79.9. The molecule has 0 spiro atoms. The van der Waals surface area contributed by atoms with Gasteiger partial charge >= 0.3 is 0 Å². The normalized spacial score (nSPS) is 19.2. The Kier molecular flexibility index (Phi) is 6.17. The Morgan fingerprint density at radius 3 is 2.47 bits per heavy atom. The minimum atomic E-state index is 0.342. The van der Waals surface area contributed by atoms with Crippen LogP contribution >= 0.6 is 15.9 Å². The van der Waals surface area contributed by atoms with Gasteiger partial charge in [-0.25, -0.2) is 0 Å². The summed E-state index contributed by atoms with van der Waals surface area (Å²) in [5.74, 6) is 0. The van der Waals surface area contributed by atoms with Gasteiger partial charge < -0.3 is 10.0 Å². The van der Waals surface area contributed by atoms with Crippen LogP contribution in [0.5, 0.6) is 0 Å². The second-order valence-corrected chi connectivity index (χ2v) is 5.57. The quantitative estimate of drug-likeness (QED) is 0.545. The predicted octanol–water partition coefficient (Wildman–Crippen LogP) is 2.65. The van der Waals surface area contributed by atoms with Crippen LogP contribution in [0.25, 0.3) is 0 Å². The van der Waals surface area contributed by atoms with E-state index < -0.39 is 0 Å². The summed E-state index contributed by atoms with van der Waals surface area (Å²) in [5, 5.41) is 9.84. The average Bonchev–Trinajstić information content (AvgIpc) is 2.18. The maximum Gasteiger partial charge on any atom is 0.0431 e. The molecule has 0 aromatic heterocycles. The van der Waals surface area contributed by atoms with E-state index >= 15 is 0 Å². The SMILES string of the molecule is CN(CCCCCO)CC1(CBr)CCC1. The fraction of sp³-hybridized carbons (Fsp3) is 1.00. The van der Waals surface area contributed by atoms with E-state index in [0.29, 0.717) is 12.0 Å². The van der Waals surface area contributed by atoms with Crippen LogP contribution < -0.4 is 0 Å². The Morgan fingerprint density at radius 1 is 1.27 bits per heavy atom. The van der Waals surface area contributed by atoms with Gasteiger partial charge in [0.25, 0.3) is 0 Å². The van der Waals surface area contributed by atoms with Gasteiger partial charge in [-0.1, -0.05) is 22.4 Å². The third kappa shape index (κ3) is 4.41. The van der Waals surface area contributed by atoms with Gasteiger partial charge in [0.2, 0.25) is 0 Å². The zero-order chi connectivity index (χ0) is 11.1. The molecule has 0 aliphatic heterocycles. The van der Waals surface area contributed by atoms with E-state index in [9.17, 15) is 0 Å². The van der Waals surface area contributed by atoms with E-state index in [1.165, 1.54) is 38.8 Å². The van der Waals surface area contributed by atoms with Crippen LogP contribution in [0.1, 0.15) is 38.5 Å². The van der Waals surface area contributed by atoms with Gasteiger partial charge in [-0.05, 0) is 51.1 Å². The van der Waals surface area contributed by atoms with Gasteiger partial charge in [-0.2, -0.15) is 0 Å². The number of hydrogen-bond acceptors (Lipinski definition) is 2. The van der Waals surface area contributed by atoms with Crippen LogP contribution in [-0.2, 0) is 0 Å². The van der Waals surface area contributed by atoms with Crippen LogP contribution in [-0.4, -0.2) is 42.1 Å². The van der Waals surface area contributed by atoms with Crippen molar-refractivity contribution in [3.63, 3.8) is 0 Å². The predicted molar refractivity (Wildman–Crippen MR) is 68.5 cm³/mol. The second kappa shape index (κ2) is 6.87. The summed E-state index contributed by atoms with van der Waals surface area (Å²) in [6, 6.07) is 0. The largest absolute Gasteiger partial charge is 0.396 e.